The van der Waals surface area contributed by atoms with Crippen LogP contribution in [0.1, 0.15) is 6.42 Å². The molecule has 0 aromatic rings. The maximum Gasteiger partial charge on any atom is 0.328 e. The van der Waals surface area contributed by atoms with Gasteiger partial charge < -0.3 is 25.2 Å². The summed E-state index contributed by atoms with van der Waals surface area (Å²) in [4.78, 5) is 23.3. The van der Waals surface area contributed by atoms with Gasteiger partial charge in [-0.05, 0) is 6.42 Å². The van der Waals surface area contributed by atoms with Gasteiger partial charge in [0.05, 0.1) is 6.61 Å². The number of urea groups is 1. The summed E-state index contributed by atoms with van der Waals surface area (Å²) in [5, 5.41) is 19.5. The average molecular weight is 234 g/mol. The van der Waals surface area contributed by atoms with Crippen molar-refractivity contribution in [2.45, 2.75) is 12.5 Å². The van der Waals surface area contributed by atoms with Crippen LogP contribution in [0.25, 0.3) is 0 Å². The molecule has 0 radical (unpaired) electrons. The number of rotatable bonds is 7. The Labute approximate surface area is 94.0 Å². The van der Waals surface area contributed by atoms with E-state index in [1.54, 1.807) is 14.2 Å². The maximum atomic E-state index is 11.4. The standard InChI is InChI=1S/C9H18N2O5/c1-11(4-3-5-16-2)9(15)10-7(6-12)8(13)14/h7,12H,3-6H2,1-2H3,(H,10,15)(H,13,14). The van der Waals surface area contributed by atoms with Crippen LogP contribution in [-0.4, -0.2) is 67.1 Å². The Morgan fingerprint density at radius 3 is 2.56 bits per heavy atom. The van der Waals surface area contributed by atoms with Crippen LogP contribution in [0.4, 0.5) is 4.79 Å². The van der Waals surface area contributed by atoms with E-state index in [-0.39, 0.29) is 0 Å². The van der Waals surface area contributed by atoms with Crippen LogP contribution in [0.15, 0.2) is 0 Å². The molecule has 94 valence electrons. The van der Waals surface area contributed by atoms with Gasteiger partial charge in [0.1, 0.15) is 0 Å². The fourth-order valence-electron chi connectivity index (χ4n) is 0.992. The van der Waals surface area contributed by atoms with Crippen LogP contribution in [0, 0.1) is 0 Å². The number of hydrogen-bond acceptors (Lipinski definition) is 4. The average Bonchev–Trinajstić information content (AvgIpc) is 2.25. The number of hydrogen-bond donors (Lipinski definition) is 3. The van der Waals surface area contributed by atoms with Crippen LogP contribution in [0.3, 0.4) is 0 Å². The molecule has 3 N–H and O–H groups in total. The smallest absolute Gasteiger partial charge is 0.328 e. The number of nitrogens with one attached hydrogen (secondary N) is 1. The molecule has 0 heterocycles. The third-order valence-corrected chi connectivity index (χ3v) is 1.97. The number of carbonyl (C=O) groups is 2. The predicted octanol–water partition coefficient (Wildman–Crippen LogP) is -0.890. The van der Waals surface area contributed by atoms with Crippen molar-refractivity contribution in [1.82, 2.24) is 10.2 Å². The summed E-state index contributed by atoms with van der Waals surface area (Å²) in [5.74, 6) is -1.26. The van der Waals surface area contributed by atoms with Crippen molar-refractivity contribution in [2.24, 2.45) is 0 Å². The molecule has 2 amide bonds. The van der Waals surface area contributed by atoms with Crippen molar-refractivity contribution in [2.75, 3.05) is 33.9 Å². The first-order valence-electron chi connectivity index (χ1n) is 4.87. The number of carboxylic acids is 1. The van der Waals surface area contributed by atoms with Gasteiger partial charge in [-0.25, -0.2) is 9.59 Å². The molecular formula is C9H18N2O5. The first kappa shape index (κ1) is 14.7. The summed E-state index contributed by atoms with van der Waals surface area (Å²) in [6.45, 7) is 0.352. The minimum atomic E-state index is -1.27. The molecule has 0 bridgehead atoms. The zero-order valence-corrected chi connectivity index (χ0v) is 9.47. The SMILES string of the molecule is COCCCN(C)C(=O)NC(CO)C(=O)O. The van der Waals surface area contributed by atoms with Gasteiger partial charge >= 0.3 is 12.0 Å². The van der Waals surface area contributed by atoms with E-state index in [1.165, 1.54) is 4.90 Å². The van der Waals surface area contributed by atoms with Gasteiger partial charge in [-0.1, -0.05) is 0 Å². The van der Waals surface area contributed by atoms with Crippen LogP contribution in [-0.2, 0) is 9.53 Å². The van der Waals surface area contributed by atoms with Gasteiger partial charge in [0.2, 0.25) is 0 Å². The quantitative estimate of drug-likeness (QED) is 0.496. The van der Waals surface area contributed by atoms with Crippen LogP contribution >= 0.6 is 0 Å². The Kier molecular flexibility index (Phi) is 7.23. The Bertz CT molecular complexity index is 234. The Hall–Kier alpha value is -1.34. The molecule has 0 saturated carbocycles. The van der Waals surface area contributed by atoms with Crippen LogP contribution in [0.2, 0.25) is 0 Å². The van der Waals surface area contributed by atoms with E-state index in [0.29, 0.717) is 19.6 Å². The number of nitrogens with zero attached hydrogens (tertiary/aromatic N) is 1. The number of aliphatic carboxylic acids is 1. The molecular weight excluding hydrogens is 216 g/mol. The summed E-state index contributed by atoms with van der Waals surface area (Å²) < 4.78 is 4.82. The highest BCUT2D eigenvalue weighted by Gasteiger charge is 2.20. The normalized spacial score (nSPS) is 11.9. The molecule has 1 unspecified atom stereocenters. The lowest BCUT2D eigenvalue weighted by atomic mass is 10.3. The molecule has 0 rings (SSSR count). The minimum absolute atomic E-state index is 0.456. The second-order valence-corrected chi connectivity index (χ2v) is 3.29. The molecule has 7 nitrogen and oxygen atoms in total. The van der Waals surface area contributed by atoms with E-state index in [4.69, 9.17) is 14.9 Å². The second-order valence-electron chi connectivity index (χ2n) is 3.29. The molecule has 0 aliphatic carbocycles. The highest BCUT2D eigenvalue weighted by atomic mass is 16.5. The maximum absolute atomic E-state index is 11.4. The molecule has 0 aromatic carbocycles. The summed E-state index contributed by atoms with van der Waals surface area (Å²) in [6.07, 6.45) is 0.664. The molecule has 0 aliphatic rings. The summed E-state index contributed by atoms with van der Waals surface area (Å²) in [7, 11) is 3.10. The van der Waals surface area contributed by atoms with Crippen molar-refractivity contribution in [3.8, 4) is 0 Å². The number of aliphatic hydroxyl groups is 1. The molecule has 0 fully saturated rings. The van der Waals surface area contributed by atoms with Crippen LogP contribution < -0.4 is 5.32 Å². The van der Waals surface area contributed by atoms with E-state index in [1.807, 2.05) is 0 Å². The Morgan fingerprint density at radius 1 is 1.50 bits per heavy atom. The van der Waals surface area contributed by atoms with Gasteiger partial charge in [-0.2, -0.15) is 0 Å². The number of ether oxygens (including phenoxy) is 1. The first-order valence-corrected chi connectivity index (χ1v) is 4.87. The van der Waals surface area contributed by atoms with Gasteiger partial charge in [0, 0.05) is 27.3 Å². The van der Waals surface area contributed by atoms with Gasteiger partial charge in [0.15, 0.2) is 6.04 Å². The molecule has 7 heteroatoms. The first-order chi connectivity index (χ1) is 7.52. The third-order valence-electron chi connectivity index (χ3n) is 1.97. The van der Waals surface area contributed by atoms with Crippen LogP contribution in [0.5, 0.6) is 0 Å². The summed E-state index contributed by atoms with van der Waals surface area (Å²) in [5.41, 5.74) is 0. The van der Waals surface area contributed by atoms with Crippen molar-refractivity contribution in [1.29, 1.82) is 0 Å². The lowest BCUT2D eigenvalue weighted by molar-refractivity contribution is -0.140. The Balaban J connectivity index is 3.98. The van der Waals surface area contributed by atoms with E-state index < -0.39 is 24.6 Å². The molecule has 0 spiro atoms. The minimum Gasteiger partial charge on any atom is -0.480 e. The molecule has 1 atom stereocenters. The number of carbonyl (C=O) groups excluding carboxylic acids is 1. The summed E-state index contributed by atoms with van der Waals surface area (Å²) in [6, 6.07) is -1.80. The number of methoxy groups -OCH3 is 1. The van der Waals surface area contributed by atoms with Crippen molar-refractivity contribution < 1.29 is 24.5 Å². The van der Waals surface area contributed by atoms with E-state index in [9.17, 15) is 9.59 Å². The number of carboxylic acid groups (broad SMARTS) is 1. The lowest BCUT2D eigenvalue weighted by Crippen LogP contribution is -2.48. The lowest BCUT2D eigenvalue weighted by Gasteiger charge is -2.20. The number of amides is 2. The fourth-order valence-corrected chi connectivity index (χ4v) is 0.992. The molecule has 0 aromatic heterocycles. The fraction of sp³-hybridized carbons (Fsp3) is 0.778. The van der Waals surface area contributed by atoms with Crippen molar-refractivity contribution in [3.63, 3.8) is 0 Å². The Morgan fingerprint density at radius 2 is 2.12 bits per heavy atom. The van der Waals surface area contributed by atoms with Crippen molar-refractivity contribution >= 4 is 12.0 Å². The van der Waals surface area contributed by atoms with Gasteiger partial charge in [0.25, 0.3) is 0 Å². The van der Waals surface area contributed by atoms with Gasteiger partial charge in [-0.15, -0.1) is 0 Å². The van der Waals surface area contributed by atoms with E-state index in [0.717, 1.165) is 0 Å². The predicted molar refractivity (Wildman–Crippen MR) is 56.2 cm³/mol. The zero-order chi connectivity index (χ0) is 12.6. The van der Waals surface area contributed by atoms with Crippen molar-refractivity contribution in [3.05, 3.63) is 0 Å². The molecule has 0 saturated heterocycles. The van der Waals surface area contributed by atoms with Gasteiger partial charge in [-0.3, -0.25) is 0 Å². The molecule has 16 heavy (non-hydrogen) atoms. The number of aliphatic hydroxyl groups excluding tert-OH is 1. The van der Waals surface area contributed by atoms with E-state index in [2.05, 4.69) is 5.32 Å². The zero-order valence-electron chi connectivity index (χ0n) is 9.47. The summed E-state index contributed by atoms with van der Waals surface area (Å²) >= 11 is 0. The monoisotopic (exact) mass is 234 g/mol. The third kappa shape index (κ3) is 5.52. The second kappa shape index (κ2) is 7.89. The highest BCUT2D eigenvalue weighted by molar-refractivity contribution is 5.82. The highest BCUT2D eigenvalue weighted by Crippen LogP contribution is 1.91. The topological polar surface area (TPSA) is 99.1 Å². The largest absolute Gasteiger partial charge is 0.480 e. The van der Waals surface area contributed by atoms with E-state index >= 15 is 0 Å². The molecule has 0 aliphatic heterocycles.